The number of likely N-dealkylation sites (N-methyl/N-ethyl adjacent to an activating group) is 1. The number of hydrogen-bond donors (Lipinski definition) is 2. The van der Waals surface area contributed by atoms with Gasteiger partial charge in [-0.25, -0.2) is 0 Å². The molecule has 0 saturated heterocycles. The molecule has 0 fully saturated rings. The van der Waals surface area contributed by atoms with E-state index in [0.717, 1.165) is 31.7 Å². The second-order valence-corrected chi connectivity index (χ2v) is 4.87. The summed E-state index contributed by atoms with van der Waals surface area (Å²) < 4.78 is 0. The van der Waals surface area contributed by atoms with Crippen molar-refractivity contribution in [2.45, 2.75) is 26.8 Å². The number of amides is 1. The van der Waals surface area contributed by atoms with Crippen LogP contribution in [-0.4, -0.2) is 43.5 Å². The molecule has 1 rings (SSSR count). The van der Waals surface area contributed by atoms with Crippen LogP contribution in [-0.2, 0) is 11.3 Å². The minimum atomic E-state index is 0.0485. The van der Waals surface area contributed by atoms with E-state index in [2.05, 4.69) is 29.4 Å². The van der Waals surface area contributed by atoms with Crippen molar-refractivity contribution in [1.29, 1.82) is 0 Å². The van der Waals surface area contributed by atoms with E-state index in [4.69, 9.17) is 0 Å². The number of carbonyl (C=O) groups is 1. The molecule has 0 spiro atoms. The minimum Gasteiger partial charge on any atom is -0.351 e. The molecule has 2 N–H and O–H groups in total. The van der Waals surface area contributed by atoms with Gasteiger partial charge in [0.2, 0.25) is 5.91 Å². The van der Waals surface area contributed by atoms with E-state index in [1.165, 1.54) is 6.42 Å². The Hall–Kier alpha value is -1.39. The molecule has 1 aromatic rings. The van der Waals surface area contributed by atoms with Crippen LogP contribution in [0.2, 0.25) is 0 Å². The van der Waals surface area contributed by atoms with E-state index in [1.807, 2.05) is 30.3 Å². The lowest BCUT2D eigenvalue weighted by molar-refractivity contribution is -0.120. The normalized spacial score (nSPS) is 10.8. The summed E-state index contributed by atoms with van der Waals surface area (Å²) in [5, 5.41) is 6.10. The highest BCUT2D eigenvalue weighted by Crippen LogP contribution is 1.96. The molecular formula is C16H27N3O. The van der Waals surface area contributed by atoms with Crippen molar-refractivity contribution in [2.24, 2.45) is 0 Å². The van der Waals surface area contributed by atoms with Crippen molar-refractivity contribution < 1.29 is 4.79 Å². The van der Waals surface area contributed by atoms with Gasteiger partial charge in [-0.1, -0.05) is 44.2 Å². The van der Waals surface area contributed by atoms with Crippen molar-refractivity contribution in [3.63, 3.8) is 0 Å². The van der Waals surface area contributed by atoms with E-state index in [-0.39, 0.29) is 5.91 Å². The Bertz CT molecular complexity index is 367. The molecule has 4 heteroatoms. The monoisotopic (exact) mass is 277 g/mol. The van der Waals surface area contributed by atoms with Crippen molar-refractivity contribution in [3.8, 4) is 0 Å². The summed E-state index contributed by atoms with van der Waals surface area (Å²) in [6.45, 7) is 9.38. The number of rotatable bonds is 10. The fourth-order valence-electron chi connectivity index (χ4n) is 2.04. The quantitative estimate of drug-likeness (QED) is 0.639. The van der Waals surface area contributed by atoms with Gasteiger partial charge in [-0.15, -0.1) is 0 Å². The molecule has 0 saturated carbocycles. The van der Waals surface area contributed by atoms with Gasteiger partial charge in [0.1, 0.15) is 0 Å². The summed E-state index contributed by atoms with van der Waals surface area (Å²) in [7, 11) is 0. The highest BCUT2D eigenvalue weighted by atomic mass is 16.1. The number of nitrogens with zero attached hydrogens (tertiary/aromatic N) is 1. The van der Waals surface area contributed by atoms with Crippen LogP contribution in [0.15, 0.2) is 30.3 Å². The Morgan fingerprint density at radius 1 is 1.15 bits per heavy atom. The molecule has 0 radical (unpaired) electrons. The molecule has 1 aromatic carbocycles. The molecule has 20 heavy (non-hydrogen) atoms. The van der Waals surface area contributed by atoms with Gasteiger partial charge in [-0.05, 0) is 25.1 Å². The van der Waals surface area contributed by atoms with Gasteiger partial charge < -0.3 is 15.5 Å². The first kappa shape index (κ1) is 16.7. The van der Waals surface area contributed by atoms with Crippen LogP contribution in [0.1, 0.15) is 25.8 Å². The van der Waals surface area contributed by atoms with Gasteiger partial charge in [-0.3, -0.25) is 4.79 Å². The van der Waals surface area contributed by atoms with Crippen LogP contribution >= 0.6 is 0 Å². The lowest BCUT2D eigenvalue weighted by Crippen LogP contribution is -2.38. The molecule has 0 bridgehead atoms. The van der Waals surface area contributed by atoms with Crippen molar-refractivity contribution in [3.05, 3.63) is 35.9 Å². The average molecular weight is 277 g/mol. The van der Waals surface area contributed by atoms with E-state index >= 15 is 0 Å². The van der Waals surface area contributed by atoms with Crippen LogP contribution in [0.5, 0.6) is 0 Å². The molecule has 0 heterocycles. The third-order valence-corrected chi connectivity index (χ3v) is 3.21. The van der Waals surface area contributed by atoms with Gasteiger partial charge in [0.05, 0.1) is 6.54 Å². The first-order chi connectivity index (χ1) is 9.76. The summed E-state index contributed by atoms with van der Waals surface area (Å²) in [5.74, 6) is 0.0485. The Morgan fingerprint density at radius 3 is 2.55 bits per heavy atom. The zero-order chi connectivity index (χ0) is 14.6. The lowest BCUT2D eigenvalue weighted by atomic mass is 10.2. The fourth-order valence-corrected chi connectivity index (χ4v) is 2.04. The highest BCUT2D eigenvalue weighted by Gasteiger charge is 2.02. The van der Waals surface area contributed by atoms with Crippen LogP contribution in [0, 0.1) is 0 Å². The van der Waals surface area contributed by atoms with E-state index < -0.39 is 0 Å². The molecule has 112 valence electrons. The predicted octanol–water partition coefficient (Wildman–Crippen LogP) is 1.62. The van der Waals surface area contributed by atoms with Gasteiger partial charge in [0, 0.05) is 19.6 Å². The Morgan fingerprint density at radius 2 is 1.90 bits per heavy atom. The zero-order valence-electron chi connectivity index (χ0n) is 12.7. The van der Waals surface area contributed by atoms with Crippen LogP contribution in [0.3, 0.4) is 0 Å². The topological polar surface area (TPSA) is 44.4 Å². The third-order valence-electron chi connectivity index (χ3n) is 3.21. The number of benzene rings is 1. The number of carbonyl (C=O) groups excluding carboxylic acids is 1. The first-order valence-electron chi connectivity index (χ1n) is 7.50. The summed E-state index contributed by atoms with van der Waals surface area (Å²) in [5.41, 5.74) is 1.13. The molecular weight excluding hydrogens is 250 g/mol. The molecule has 4 nitrogen and oxygen atoms in total. The zero-order valence-corrected chi connectivity index (χ0v) is 12.7. The smallest absolute Gasteiger partial charge is 0.234 e. The summed E-state index contributed by atoms with van der Waals surface area (Å²) in [4.78, 5) is 14.1. The molecule has 0 aliphatic rings. The van der Waals surface area contributed by atoms with Crippen molar-refractivity contribution in [1.82, 2.24) is 15.5 Å². The van der Waals surface area contributed by atoms with Crippen molar-refractivity contribution >= 4 is 5.91 Å². The molecule has 0 aliphatic heterocycles. The fraction of sp³-hybridized carbons (Fsp3) is 0.562. The maximum absolute atomic E-state index is 11.7. The second-order valence-electron chi connectivity index (χ2n) is 4.87. The molecule has 1 amide bonds. The molecule has 0 unspecified atom stereocenters. The van der Waals surface area contributed by atoms with Crippen LogP contribution in [0.25, 0.3) is 0 Å². The van der Waals surface area contributed by atoms with Gasteiger partial charge in [0.25, 0.3) is 0 Å². The predicted molar refractivity (Wildman–Crippen MR) is 83.6 cm³/mol. The SMILES string of the molecule is CCCN(CC)CCNCC(=O)NCc1ccccc1. The third kappa shape index (κ3) is 7.26. The highest BCUT2D eigenvalue weighted by molar-refractivity contribution is 5.77. The molecule has 0 aromatic heterocycles. The van der Waals surface area contributed by atoms with Crippen LogP contribution in [0.4, 0.5) is 0 Å². The van der Waals surface area contributed by atoms with Crippen molar-refractivity contribution in [2.75, 3.05) is 32.7 Å². The van der Waals surface area contributed by atoms with Gasteiger partial charge >= 0.3 is 0 Å². The summed E-state index contributed by atoms with van der Waals surface area (Å²) in [6, 6.07) is 9.96. The van der Waals surface area contributed by atoms with E-state index in [1.54, 1.807) is 0 Å². The Labute approximate surface area is 122 Å². The number of nitrogens with one attached hydrogen (secondary N) is 2. The average Bonchev–Trinajstić information content (AvgIpc) is 2.49. The first-order valence-corrected chi connectivity index (χ1v) is 7.50. The van der Waals surface area contributed by atoms with Gasteiger partial charge in [0.15, 0.2) is 0 Å². The Kier molecular flexibility index (Phi) is 8.67. The lowest BCUT2D eigenvalue weighted by Gasteiger charge is -2.19. The van der Waals surface area contributed by atoms with Crippen LogP contribution < -0.4 is 10.6 Å². The van der Waals surface area contributed by atoms with Gasteiger partial charge in [-0.2, -0.15) is 0 Å². The summed E-state index contributed by atoms with van der Waals surface area (Å²) >= 11 is 0. The maximum Gasteiger partial charge on any atom is 0.234 e. The largest absolute Gasteiger partial charge is 0.351 e. The maximum atomic E-state index is 11.7. The molecule has 0 atom stereocenters. The Balaban J connectivity index is 2.08. The second kappa shape index (κ2) is 10.4. The van der Waals surface area contributed by atoms with E-state index in [9.17, 15) is 4.79 Å². The number of hydrogen-bond acceptors (Lipinski definition) is 3. The molecule has 0 aliphatic carbocycles. The minimum absolute atomic E-state index is 0.0485. The summed E-state index contributed by atoms with van der Waals surface area (Å²) in [6.07, 6.45) is 1.17. The van der Waals surface area contributed by atoms with E-state index in [0.29, 0.717) is 13.1 Å². The standard InChI is InChI=1S/C16H27N3O/c1-3-11-19(4-2)12-10-17-14-16(20)18-13-15-8-6-5-7-9-15/h5-9,17H,3-4,10-14H2,1-2H3,(H,18,20).